The maximum Gasteiger partial charge on any atom is 0.0659 e. The van der Waals surface area contributed by atoms with Crippen LogP contribution in [-0.2, 0) is 13.1 Å². The molecule has 0 atom stereocenters. The summed E-state index contributed by atoms with van der Waals surface area (Å²) in [5.74, 6) is 0.581. The minimum absolute atomic E-state index is 0.548. The molecule has 1 heterocycles. The van der Waals surface area contributed by atoms with Crippen molar-refractivity contribution in [3.05, 3.63) is 53.3 Å². The van der Waals surface area contributed by atoms with Crippen molar-refractivity contribution in [2.24, 2.45) is 5.73 Å². The van der Waals surface area contributed by atoms with E-state index in [1.54, 1.807) is 0 Å². The molecule has 2 N–H and O–H groups in total. The highest BCUT2D eigenvalue weighted by molar-refractivity contribution is 5.24. The van der Waals surface area contributed by atoms with Gasteiger partial charge in [-0.15, -0.1) is 0 Å². The Morgan fingerprint density at radius 3 is 2.41 bits per heavy atom. The van der Waals surface area contributed by atoms with Gasteiger partial charge in [0.05, 0.1) is 12.7 Å². The Balaban J connectivity index is 2.08. The molecule has 3 heteroatoms. The van der Waals surface area contributed by atoms with Crippen LogP contribution in [0.2, 0.25) is 0 Å². The van der Waals surface area contributed by atoms with E-state index in [-0.39, 0.29) is 0 Å². The highest BCUT2D eigenvalue weighted by Gasteiger charge is 2.01. The van der Waals surface area contributed by atoms with Crippen LogP contribution in [0.5, 0.6) is 0 Å². The highest BCUT2D eigenvalue weighted by Crippen LogP contribution is 2.15. The SMILES string of the molecule is CC(C)c1ccc(Cn2cc(CN)cn2)cc1. The molecular weight excluding hydrogens is 210 g/mol. The first kappa shape index (κ1) is 11.9. The van der Waals surface area contributed by atoms with E-state index in [1.165, 1.54) is 11.1 Å². The van der Waals surface area contributed by atoms with Crippen molar-refractivity contribution in [2.75, 3.05) is 0 Å². The number of nitrogens with zero attached hydrogens (tertiary/aromatic N) is 2. The summed E-state index contributed by atoms with van der Waals surface area (Å²) in [6.45, 7) is 5.76. The zero-order chi connectivity index (χ0) is 12.3. The Bertz CT molecular complexity index is 468. The minimum Gasteiger partial charge on any atom is -0.326 e. The van der Waals surface area contributed by atoms with E-state index >= 15 is 0 Å². The first-order chi connectivity index (χ1) is 8.19. The highest BCUT2D eigenvalue weighted by atomic mass is 15.3. The van der Waals surface area contributed by atoms with Crippen LogP contribution < -0.4 is 5.73 Å². The van der Waals surface area contributed by atoms with Gasteiger partial charge in [-0.1, -0.05) is 38.1 Å². The molecule has 3 nitrogen and oxygen atoms in total. The monoisotopic (exact) mass is 229 g/mol. The van der Waals surface area contributed by atoms with Gasteiger partial charge in [-0.3, -0.25) is 4.68 Å². The average molecular weight is 229 g/mol. The summed E-state index contributed by atoms with van der Waals surface area (Å²) in [5, 5.41) is 4.28. The Labute approximate surface area is 102 Å². The van der Waals surface area contributed by atoms with Crippen molar-refractivity contribution in [3.63, 3.8) is 0 Å². The second kappa shape index (κ2) is 5.15. The van der Waals surface area contributed by atoms with E-state index < -0.39 is 0 Å². The van der Waals surface area contributed by atoms with Crippen molar-refractivity contribution < 1.29 is 0 Å². The lowest BCUT2D eigenvalue weighted by molar-refractivity contribution is 0.685. The van der Waals surface area contributed by atoms with Crippen LogP contribution in [0, 0.1) is 0 Å². The van der Waals surface area contributed by atoms with Crippen LogP contribution in [0.1, 0.15) is 36.5 Å². The Morgan fingerprint density at radius 1 is 1.18 bits per heavy atom. The van der Waals surface area contributed by atoms with Crippen molar-refractivity contribution in [2.45, 2.75) is 32.9 Å². The van der Waals surface area contributed by atoms with E-state index in [2.05, 4.69) is 43.2 Å². The third kappa shape index (κ3) is 2.94. The number of hydrogen-bond donors (Lipinski definition) is 1. The Morgan fingerprint density at radius 2 is 1.88 bits per heavy atom. The lowest BCUT2D eigenvalue weighted by atomic mass is 10.0. The molecule has 0 aliphatic rings. The van der Waals surface area contributed by atoms with Crippen LogP contribution in [0.25, 0.3) is 0 Å². The third-order valence-electron chi connectivity index (χ3n) is 2.91. The van der Waals surface area contributed by atoms with Gasteiger partial charge in [0.1, 0.15) is 0 Å². The van der Waals surface area contributed by atoms with Crippen LogP contribution >= 0.6 is 0 Å². The van der Waals surface area contributed by atoms with E-state index in [0.29, 0.717) is 12.5 Å². The first-order valence-corrected chi connectivity index (χ1v) is 5.99. The molecule has 2 rings (SSSR count). The largest absolute Gasteiger partial charge is 0.326 e. The second-order valence-corrected chi connectivity index (χ2v) is 4.65. The molecule has 0 saturated heterocycles. The molecular formula is C14H19N3. The molecule has 0 aliphatic heterocycles. The van der Waals surface area contributed by atoms with Crippen LogP contribution in [0.3, 0.4) is 0 Å². The summed E-state index contributed by atoms with van der Waals surface area (Å²) in [5.41, 5.74) is 9.27. The van der Waals surface area contributed by atoms with Gasteiger partial charge in [-0.05, 0) is 17.0 Å². The molecule has 0 radical (unpaired) electrons. The molecule has 0 unspecified atom stereocenters. The topological polar surface area (TPSA) is 43.8 Å². The van der Waals surface area contributed by atoms with Crippen molar-refractivity contribution in [1.29, 1.82) is 0 Å². The van der Waals surface area contributed by atoms with Gasteiger partial charge < -0.3 is 5.73 Å². The fourth-order valence-corrected chi connectivity index (χ4v) is 1.79. The van der Waals surface area contributed by atoms with Crippen molar-refractivity contribution >= 4 is 0 Å². The standard InChI is InChI=1S/C14H19N3/c1-11(2)14-5-3-12(4-6-14)9-17-10-13(7-15)8-16-17/h3-6,8,10-11H,7,9,15H2,1-2H3. The van der Waals surface area contributed by atoms with Crippen molar-refractivity contribution in [3.8, 4) is 0 Å². The van der Waals surface area contributed by atoms with Gasteiger partial charge in [-0.25, -0.2) is 0 Å². The van der Waals surface area contributed by atoms with Crippen LogP contribution in [0.15, 0.2) is 36.7 Å². The lowest BCUT2D eigenvalue weighted by Crippen LogP contribution is -2.00. The molecule has 0 spiro atoms. The number of nitrogens with two attached hydrogens (primary N) is 1. The normalized spacial score (nSPS) is 11.1. The van der Waals surface area contributed by atoms with E-state index in [9.17, 15) is 0 Å². The van der Waals surface area contributed by atoms with E-state index in [0.717, 1.165) is 12.1 Å². The molecule has 1 aromatic heterocycles. The van der Waals surface area contributed by atoms with Crippen LogP contribution in [-0.4, -0.2) is 9.78 Å². The lowest BCUT2D eigenvalue weighted by Gasteiger charge is -2.07. The number of rotatable bonds is 4. The zero-order valence-corrected chi connectivity index (χ0v) is 10.4. The fourth-order valence-electron chi connectivity index (χ4n) is 1.79. The van der Waals surface area contributed by atoms with Gasteiger partial charge in [-0.2, -0.15) is 5.10 Å². The van der Waals surface area contributed by atoms with Crippen LogP contribution in [0.4, 0.5) is 0 Å². The van der Waals surface area contributed by atoms with E-state index in [1.807, 2.05) is 17.1 Å². The molecule has 17 heavy (non-hydrogen) atoms. The number of benzene rings is 1. The van der Waals surface area contributed by atoms with Gasteiger partial charge >= 0.3 is 0 Å². The predicted octanol–water partition coefficient (Wildman–Crippen LogP) is 2.51. The molecule has 0 amide bonds. The number of hydrogen-bond acceptors (Lipinski definition) is 2. The second-order valence-electron chi connectivity index (χ2n) is 4.65. The fraction of sp³-hybridized carbons (Fsp3) is 0.357. The maximum atomic E-state index is 5.56. The van der Waals surface area contributed by atoms with Gasteiger partial charge in [0.25, 0.3) is 0 Å². The summed E-state index contributed by atoms with van der Waals surface area (Å²) in [4.78, 5) is 0. The molecule has 90 valence electrons. The quantitative estimate of drug-likeness (QED) is 0.875. The third-order valence-corrected chi connectivity index (χ3v) is 2.91. The van der Waals surface area contributed by atoms with Gasteiger partial charge in [0.15, 0.2) is 0 Å². The molecule has 0 saturated carbocycles. The maximum absolute atomic E-state index is 5.56. The molecule has 1 aromatic carbocycles. The average Bonchev–Trinajstić information content (AvgIpc) is 2.77. The minimum atomic E-state index is 0.548. The van der Waals surface area contributed by atoms with Crippen molar-refractivity contribution in [1.82, 2.24) is 9.78 Å². The number of aromatic nitrogens is 2. The summed E-state index contributed by atoms with van der Waals surface area (Å²) in [6, 6.07) is 8.71. The summed E-state index contributed by atoms with van der Waals surface area (Å²) in [6.07, 6.45) is 3.82. The summed E-state index contributed by atoms with van der Waals surface area (Å²) in [7, 11) is 0. The first-order valence-electron chi connectivity index (χ1n) is 5.99. The predicted molar refractivity (Wildman–Crippen MR) is 69.8 cm³/mol. The molecule has 0 aliphatic carbocycles. The van der Waals surface area contributed by atoms with Gasteiger partial charge in [0.2, 0.25) is 0 Å². The smallest absolute Gasteiger partial charge is 0.0659 e. The zero-order valence-electron chi connectivity index (χ0n) is 10.4. The van der Waals surface area contributed by atoms with Gasteiger partial charge in [0, 0.05) is 18.3 Å². The van der Waals surface area contributed by atoms with E-state index in [4.69, 9.17) is 5.73 Å². The molecule has 0 fully saturated rings. The molecule has 0 bridgehead atoms. The summed E-state index contributed by atoms with van der Waals surface area (Å²) >= 11 is 0. The summed E-state index contributed by atoms with van der Waals surface area (Å²) < 4.78 is 1.92. The Hall–Kier alpha value is -1.61. The Kier molecular flexibility index (Phi) is 3.59. The molecule has 2 aromatic rings.